The lowest BCUT2D eigenvalue weighted by atomic mass is 10.1. The minimum absolute atomic E-state index is 0.0886. The van der Waals surface area contributed by atoms with Crippen molar-refractivity contribution in [3.8, 4) is 5.75 Å². The van der Waals surface area contributed by atoms with Crippen LogP contribution in [0.1, 0.15) is 18.1 Å². The molecule has 1 atom stereocenters. The third-order valence-electron chi connectivity index (χ3n) is 4.42. The van der Waals surface area contributed by atoms with Crippen molar-refractivity contribution >= 4 is 27.3 Å². The first-order valence-electron chi connectivity index (χ1n) is 9.20. The normalized spacial score (nSPS) is 12.1. The molecule has 162 valence electrons. The molecule has 0 aliphatic heterocycles. The highest BCUT2D eigenvalue weighted by Crippen LogP contribution is 2.29. The van der Waals surface area contributed by atoms with E-state index in [0.29, 0.717) is 5.75 Å². The van der Waals surface area contributed by atoms with E-state index >= 15 is 0 Å². The van der Waals surface area contributed by atoms with Gasteiger partial charge >= 0.3 is 0 Å². The number of hydrogen-bond donors (Lipinski definition) is 1. The fraction of sp³-hybridized carbons (Fsp3) is 0.350. The van der Waals surface area contributed by atoms with Crippen molar-refractivity contribution in [2.24, 2.45) is 0 Å². The topological polar surface area (TPSA) is 119 Å². The summed E-state index contributed by atoms with van der Waals surface area (Å²) < 4.78 is 31.1. The number of benzene rings is 2. The van der Waals surface area contributed by atoms with E-state index in [1.807, 2.05) is 31.2 Å². The van der Waals surface area contributed by atoms with Crippen molar-refractivity contribution in [2.45, 2.75) is 26.8 Å². The smallest absolute Gasteiger partial charge is 0.274 e. The number of aryl methyl sites for hydroxylation is 1. The summed E-state index contributed by atoms with van der Waals surface area (Å²) in [5.74, 6) is 0.149. The minimum atomic E-state index is -3.86. The Morgan fingerprint density at radius 3 is 2.47 bits per heavy atom. The summed E-state index contributed by atoms with van der Waals surface area (Å²) in [6.45, 7) is 4.78. The predicted octanol–water partition coefficient (Wildman–Crippen LogP) is 2.56. The monoisotopic (exact) mass is 435 g/mol. The Balaban J connectivity index is 2.10. The number of para-hydroxylation sites is 1. The second kappa shape index (κ2) is 9.57. The zero-order valence-corrected chi connectivity index (χ0v) is 18.1. The summed E-state index contributed by atoms with van der Waals surface area (Å²) in [5, 5.41) is 13.9. The number of nitrogens with one attached hydrogen (secondary N) is 1. The van der Waals surface area contributed by atoms with Crippen molar-refractivity contribution in [2.75, 3.05) is 23.7 Å². The van der Waals surface area contributed by atoms with Crippen molar-refractivity contribution in [3.63, 3.8) is 0 Å². The molecule has 0 unspecified atom stereocenters. The number of nitro groups is 1. The number of ether oxygens (including phenoxy) is 1. The average Bonchev–Trinajstić information content (AvgIpc) is 2.65. The minimum Gasteiger partial charge on any atom is -0.491 e. The predicted molar refractivity (Wildman–Crippen MR) is 114 cm³/mol. The van der Waals surface area contributed by atoms with Gasteiger partial charge in [-0.05, 0) is 38.5 Å². The molecule has 2 aromatic rings. The van der Waals surface area contributed by atoms with Crippen molar-refractivity contribution in [3.05, 3.63) is 63.7 Å². The lowest BCUT2D eigenvalue weighted by Crippen LogP contribution is -2.45. The van der Waals surface area contributed by atoms with Crippen molar-refractivity contribution in [1.82, 2.24) is 5.32 Å². The molecule has 2 aromatic carbocycles. The third kappa shape index (κ3) is 5.93. The van der Waals surface area contributed by atoms with Crippen LogP contribution in [0.4, 0.5) is 11.4 Å². The molecule has 0 spiro atoms. The van der Waals surface area contributed by atoms with E-state index in [0.717, 1.165) is 16.1 Å². The van der Waals surface area contributed by atoms with E-state index in [2.05, 4.69) is 5.32 Å². The Hall–Kier alpha value is -3.14. The van der Waals surface area contributed by atoms with Gasteiger partial charge in [0.05, 0.1) is 28.5 Å². The number of anilines is 1. The lowest BCUT2D eigenvalue weighted by molar-refractivity contribution is -0.385. The molecule has 0 heterocycles. The first kappa shape index (κ1) is 23.1. The second-order valence-electron chi connectivity index (χ2n) is 6.99. The maximum atomic E-state index is 12.5. The van der Waals surface area contributed by atoms with Crippen LogP contribution in [0.25, 0.3) is 0 Å². The Morgan fingerprint density at radius 2 is 1.87 bits per heavy atom. The SMILES string of the molecule is Cc1ccccc1OC[C@H](C)NC(=O)CN(c1cccc([N+](=O)[O-])c1C)S(C)(=O)=O. The highest BCUT2D eigenvalue weighted by atomic mass is 32.2. The molecule has 0 saturated heterocycles. The number of hydrogen-bond acceptors (Lipinski definition) is 6. The largest absolute Gasteiger partial charge is 0.491 e. The highest BCUT2D eigenvalue weighted by molar-refractivity contribution is 7.92. The first-order chi connectivity index (χ1) is 14.0. The number of nitrogens with zero attached hydrogens (tertiary/aromatic N) is 2. The van der Waals surface area contributed by atoms with Gasteiger partial charge in [-0.3, -0.25) is 19.2 Å². The van der Waals surface area contributed by atoms with Crippen LogP contribution in [0.2, 0.25) is 0 Å². The summed E-state index contributed by atoms with van der Waals surface area (Å²) in [5.41, 5.74) is 0.990. The Bertz CT molecular complexity index is 1040. The van der Waals surface area contributed by atoms with Crippen LogP contribution in [-0.4, -0.2) is 44.7 Å². The van der Waals surface area contributed by atoms with Gasteiger partial charge in [0.15, 0.2) is 0 Å². The molecule has 9 nitrogen and oxygen atoms in total. The zero-order valence-electron chi connectivity index (χ0n) is 17.3. The zero-order chi connectivity index (χ0) is 22.5. The summed E-state index contributed by atoms with van der Waals surface area (Å²) >= 11 is 0. The highest BCUT2D eigenvalue weighted by Gasteiger charge is 2.26. The maximum absolute atomic E-state index is 12.5. The lowest BCUT2D eigenvalue weighted by Gasteiger charge is -2.24. The van der Waals surface area contributed by atoms with Crippen LogP contribution in [-0.2, 0) is 14.8 Å². The van der Waals surface area contributed by atoms with Gasteiger partial charge < -0.3 is 10.1 Å². The van der Waals surface area contributed by atoms with Gasteiger partial charge in [0, 0.05) is 6.07 Å². The van der Waals surface area contributed by atoms with Crippen LogP contribution < -0.4 is 14.4 Å². The van der Waals surface area contributed by atoms with Crippen molar-refractivity contribution < 1.29 is 22.9 Å². The number of amides is 1. The van der Waals surface area contributed by atoms with Crippen LogP contribution in [0.15, 0.2) is 42.5 Å². The van der Waals surface area contributed by atoms with Crippen LogP contribution in [0, 0.1) is 24.0 Å². The molecule has 1 amide bonds. The Kier molecular flexibility index (Phi) is 7.38. The molecule has 30 heavy (non-hydrogen) atoms. The summed E-state index contributed by atoms with van der Waals surface area (Å²) in [4.78, 5) is 23.1. The second-order valence-corrected chi connectivity index (χ2v) is 8.90. The number of sulfonamides is 1. The summed E-state index contributed by atoms with van der Waals surface area (Å²) in [6, 6.07) is 11.2. The van der Waals surface area contributed by atoms with E-state index in [4.69, 9.17) is 4.74 Å². The molecule has 0 saturated carbocycles. The van der Waals surface area contributed by atoms with Gasteiger partial charge in [0.25, 0.3) is 5.69 Å². The quantitative estimate of drug-likeness (QED) is 0.478. The van der Waals surface area contributed by atoms with Crippen LogP contribution in [0.3, 0.4) is 0 Å². The number of rotatable bonds is 9. The van der Waals surface area contributed by atoms with E-state index in [1.165, 1.54) is 25.1 Å². The number of nitro benzene ring substituents is 1. The summed E-state index contributed by atoms with van der Waals surface area (Å²) in [6.07, 6.45) is 0.948. The van der Waals surface area contributed by atoms with Gasteiger partial charge in [-0.2, -0.15) is 0 Å². The molecule has 0 aromatic heterocycles. The molecule has 1 N–H and O–H groups in total. The van der Waals surface area contributed by atoms with E-state index in [1.54, 1.807) is 6.92 Å². The van der Waals surface area contributed by atoms with Crippen molar-refractivity contribution in [1.29, 1.82) is 0 Å². The first-order valence-corrected chi connectivity index (χ1v) is 11.0. The van der Waals surface area contributed by atoms with Gasteiger partial charge in [-0.25, -0.2) is 8.42 Å². The van der Waals surface area contributed by atoms with E-state index in [-0.39, 0.29) is 29.6 Å². The third-order valence-corrected chi connectivity index (χ3v) is 5.55. The standard InChI is InChI=1S/C20H25N3O6S/c1-14-8-5-6-11-19(14)29-13-15(2)21-20(24)12-22(30(4,27)28)17-9-7-10-18(16(17)3)23(25)26/h5-11,15H,12-13H2,1-4H3,(H,21,24)/t15-/m0/s1. The molecule has 0 bridgehead atoms. The van der Waals surface area contributed by atoms with E-state index < -0.39 is 27.4 Å². The summed E-state index contributed by atoms with van der Waals surface area (Å²) in [7, 11) is -3.86. The maximum Gasteiger partial charge on any atom is 0.274 e. The van der Waals surface area contributed by atoms with Gasteiger partial charge in [0.1, 0.15) is 18.9 Å². The molecule has 0 radical (unpaired) electrons. The number of carbonyl (C=O) groups excluding carboxylic acids is 1. The molecule has 0 aliphatic carbocycles. The van der Waals surface area contributed by atoms with Crippen LogP contribution >= 0.6 is 0 Å². The van der Waals surface area contributed by atoms with Crippen LogP contribution in [0.5, 0.6) is 5.75 Å². The fourth-order valence-electron chi connectivity index (χ4n) is 2.89. The molecular formula is C20H25N3O6S. The molecule has 0 aliphatic rings. The molecular weight excluding hydrogens is 410 g/mol. The average molecular weight is 436 g/mol. The Morgan fingerprint density at radius 1 is 1.20 bits per heavy atom. The molecule has 10 heteroatoms. The van der Waals surface area contributed by atoms with Gasteiger partial charge in [-0.1, -0.05) is 24.3 Å². The molecule has 0 fully saturated rings. The van der Waals surface area contributed by atoms with E-state index in [9.17, 15) is 23.3 Å². The van der Waals surface area contributed by atoms with Gasteiger partial charge in [-0.15, -0.1) is 0 Å². The number of carbonyl (C=O) groups is 1. The Labute approximate surface area is 175 Å². The molecule has 2 rings (SSSR count). The fourth-order valence-corrected chi connectivity index (χ4v) is 3.79. The van der Waals surface area contributed by atoms with Gasteiger partial charge in [0.2, 0.25) is 15.9 Å².